The fourth-order valence-electron chi connectivity index (χ4n) is 2.46. The predicted molar refractivity (Wildman–Crippen MR) is 116 cm³/mol. The quantitative estimate of drug-likeness (QED) is 0.256. The Kier molecular flexibility index (Phi) is 6.52. The number of phenols is 1. The monoisotopic (exact) mass is 457 g/mol. The number of rotatable bonds is 8. The summed E-state index contributed by atoms with van der Waals surface area (Å²) >= 11 is 0. The molecule has 3 aromatic rings. The topological polar surface area (TPSA) is 185 Å². The largest absolute Gasteiger partial charge is 0.502 e. The van der Waals surface area contributed by atoms with Crippen molar-refractivity contribution in [3.63, 3.8) is 0 Å². The standard InChI is InChI=1S/C18H16FN9O5/c1-26(2)18-23-16(21-12-5-3-11(19)4-6-12)22-17(24-18)25-20-9-10-7-13(27(30)31)8-14(15(10)29)28(32)33/h3-9,29H,1-2H3,(H2,21,22,23,24,25). The fraction of sp³-hybridized carbons (Fsp3) is 0.111. The molecular formula is C18H16FN9O5. The molecule has 0 fully saturated rings. The number of hydrazone groups is 1. The molecule has 0 aliphatic carbocycles. The minimum Gasteiger partial charge on any atom is -0.502 e. The lowest BCUT2D eigenvalue weighted by Crippen LogP contribution is -2.15. The number of nitrogens with zero attached hydrogens (tertiary/aromatic N) is 7. The van der Waals surface area contributed by atoms with Crippen molar-refractivity contribution in [1.29, 1.82) is 0 Å². The molecule has 0 saturated carbocycles. The van der Waals surface area contributed by atoms with Crippen LogP contribution < -0.4 is 15.6 Å². The summed E-state index contributed by atoms with van der Waals surface area (Å²) in [7, 11) is 3.37. The highest BCUT2D eigenvalue weighted by atomic mass is 19.1. The van der Waals surface area contributed by atoms with Gasteiger partial charge in [-0.05, 0) is 24.3 Å². The number of halogens is 1. The summed E-state index contributed by atoms with van der Waals surface area (Å²) in [6.45, 7) is 0. The first-order valence-electron chi connectivity index (χ1n) is 9.05. The van der Waals surface area contributed by atoms with E-state index in [1.807, 2.05) is 0 Å². The number of hydrogen-bond donors (Lipinski definition) is 3. The second kappa shape index (κ2) is 9.46. The van der Waals surface area contributed by atoms with Gasteiger partial charge in [-0.15, -0.1) is 0 Å². The fourth-order valence-corrected chi connectivity index (χ4v) is 2.46. The van der Waals surface area contributed by atoms with Crippen LogP contribution in [0.15, 0.2) is 41.5 Å². The number of non-ortho nitro benzene ring substituents is 1. The van der Waals surface area contributed by atoms with Gasteiger partial charge in [-0.3, -0.25) is 20.2 Å². The maximum atomic E-state index is 13.1. The van der Waals surface area contributed by atoms with Gasteiger partial charge in [0.1, 0.15) is 5.82 Å². The van der Waals surface area contributed by atoms with Crippen LogP contribution in [0.2, 0.25) is 0 Å². The summed E-state index contributed by atoms with van der Waals surface area (Å²) in [6.07, 6.45) is 0.946. The molecule has 0 amide bonds. The zero-order valence-electron chi connectivity index (χ0n) is 17.1. The summed E-state index contributed by atoms with van der Waals surface area (Å²) in [5.41, 5.74) is 1.28. The number of hydrogen-bond acceptors (Lipinski definition) is 12. The Morgan fingerprint density at radius 3 is 2.33 bits per heavy atom. The van der Waals surface area contributed by atoms with Crippen LogP contribution in [0, 0.1) is 26.0 Å². The normalized spacial score (nSPS) is 10.8. The van der Waals surface area contributed by atoms with E-state index in [0.29, 0.717) is 11.8 Å². The Balaban J connectivity index is 1.89. The van der Waals surface area contributed by atoms with Crippen LogP contribution in [0.1, 0.15) is 5.56 Å². The average molecular weight is 457 g/mol. The van der Waals surface area contributed by atoms with Crippen molar-refractivity contribution in [3.05, 3.63) is 68.0 Å². The summed E-state index contributed by atoms with van der Waals surface area (Å²) in [5.74, 6) is -0.909. The van der Waals surface area contributed by atoms with Crippen molar-refractivity contribution in [2.24, 2.45) is 5.10 Å². The third kappa shape index (κ3) is 5.60. The van der Waals surface area contributed by atoms with Gasteiger partial charge >= 0.3 is 5.69 Å². The zero-order chi connectivity index (χ0) is 24.1. The van der Waals surface area contributed by atoms with E-state index in [1.165, 1.54) is 24.3 Å². The Morgan fingerprint density at radius 1 is 1.06 bits per heavy atom. The number of aromatic nitrogens is 3. The highest BCUT2D eigenvalue weighted by Crippen LogP contribution is 2.33. The molecule has 3 rings (SSSR count). The van der Waals surface area contributed by atoms with Gasteiger partial charge < -0.3 is 15.3 Å². The molecule has 0 saturated heterocycles. The van der Waals surface area contributed by atoms with Gasteiger partial charge in [0, 0.05) is 25.8 Å². The van der Waals surface area contributed by atoms with Crippen molar-refractivity contribution in [1.82, 2.24) is 15.0 Å². The molecule has 0 aliphatic heterocycles. The van der Waals surface area contributed by atoms with E-state index in [-0.39, 0.29) is 23.4 Å². The number of nitrogens with one attached hydrogen (secondary N) is 2. The molecule has 1 heterocycles. The van der Waals surface area contributed by atoms with Gasteiger partial charge in [-0.2, -0.15) is 20.1 Å². The van der Waals surface area contributed by atoms with Gasteiger partial charge in [-0.1, -0.05) is 0 Å². The molecule has 0 bridgehead atoms. The summed E-state index contributed by atoms with van der Waals surface area (Å²) in [6, 6.07) is 7.04. The predicted octanol–water partition coefficient (Wildman–Crippen LogP) is 2.79. The van der Waals surface area contributed by atoms with Crippen LogP contribution >= 0.6 is 0 Å². The van der Waals surface area contributed by atoms with Crippen LogP contribution in [0.3, 0.4) is 0 Å². The Labute approximate surface area is 184 Å². The molecule has 15 heteroatoms. The SMILES string of the molecule is CN(C)c1nc(NN=Cc2cc([N+](=O)[O-])cc([N+](=O)[O-])c2O)nc(Nc2ccc(F)cc2)n1. The number of anilines is 4. The first-order valence-corrected chi connectivity index (χ1v) is 9.05. The third-order valence-corrected chi connectivity index (χ3v) is 4.00. The summed E-state index contributed by atoms with van der Waals surface area (Å²) < 4.78 is 13.1. The molecule has 0 unspecified atom stereocenters. The molecule has 2 aromatic carbocycles. The average Bonchev–Trinajstić information content (AvgIpc) is 2.76. The Morgan fingerprint density at radius 2 is 1.73 bits per heavy atom. The van der Waals surface area contributed by atoms with E-state index in [2.05, 4.69) is 30.8 Å². The van der Waals surface area contributed by atoms with Gasteiger partial charge in [-0.25, -0.2) is 9.82 Å². The van der Waals surface area contributed by atoms with E-state index in [1.54, 1.807) is 19.0 Å². The molecule has 3 N–H and O–H groups in total. The van der Waals surface area contributed by atoms with Gasteiger partial charge in [0.25, 0.3) is 5.69 Å². The minimum absolute atomic E-state index is 0.0472. The number of nitro benzene ring substituents is 2. The second-order valence-electron chi connectivity index (χ2n) is 6.60. The lowest BCUT2D eigenvalue weighted by molar-refractivity contribution is -0.394. The molecule has 0 aliphatic rings. The number of aromatic hydroxyl groups is 1. The number of benzene rings is 2. The number of nitro groups is 2. The second-order valence-corrected chi connectivity index (χ2v) is 6.60. The smallest absolute Gasteiger partial charge is 0.318 e. The van der Waals surface area contributed by atoms with Crippen LogP contribution in [0.5, 0.6) is 5.75 Å². The van der Waals surface area contributed by atoms with Crippen molar-refractivity contribution in [2.75, 3.05) is 29.7 Å². The zero-order valence-corrected chi connectivity index (χ0v) is 17.1. The lowest BCUT2D eigenvalue weighted by Gasteiger charge is -2.13. The summed E-state index contributed by atoms with van der Waals surface area (Å²) in [5, 5.41) is 38.8. The Bertz CT molecular complexity index is 1230. The molecule has 0 radical (unpaired) electrons. The number of phenolic OH excluding ortho intramolecular Hbond substituents is 1. The third-order valence-electron chi connectivity index (χ3n) is 4.00. The van der Waals surface area contributed by atoms with Crippen LogP contribution in [0.25, 0.3) is 0 Å². The minimum atomic E-state index is -0.949. The molecule has 14 nitrogen and oxygen atoms in total. The highest BCUT2D eigenvalue weighted by Gasteiger charge is 2.23. The Hall–Kier alpha value is -4.95. The van der Waals surface area contributed by atoms with Gasteiger partial charge in [0.2, 0.25) is 23.6 Å². The highest BCUT2D eigenvalue weighted by molar-refractivity contribution is 5.87. The maximum Gasteiger partial charge on any atom is 0.318 e. The summed E-state index contributed by atoms with van der Waals surface area (Å²) in [4.78, 5) is 34.3. The first-order chi connectivity index (χ1) is 15.6. The lowest BCUT2D eigenvalue weighted by atomic mass is 10.1. The molecule has 0 spiro atoms. The molecule has 33 heavy (non-hydrogen) atoms. The molecule has 1 aromatic heterocycles. The van der Waals surface area contributed by atoms with Crippen molar-refractivity contribution in [3.8, 4) is 5.75 Å². The van der Waals surface area contributed by atoms with Crippen LogP contribution in [-0.4, -0.2) is 50.2 Å². The van der Waals surface area contributed by atoms with Crippen molar-refractivity contribution < 1.29 is 19.3 Å². The van der Waals surface area contributed by atoms with Gasteiger partial charge in [0.05, 0.1) is 27.7 Å². The first kappa shape index (κ1) is 22.7. The van der Waals surface area contributed by atoms with E-state index in [9.17, 15) is 29.7 Å². The molecular weight excluding hydrogens is 441 g/mol. The van der Waals surface area contributed by atoms with Gasteiger partial charge in [0.15, 0.2) is 0 Å². The van der Waals surface area contributed by atoms with Crippen molar-refractivity contribution in [2.45, 2.75) is 0 Å². The van der Waals surface area contributed by atoms with Crippen LogP contribution in [0.4, 0.5) is 39.3 Å². The van der Waals surface area contributed by atoms with Crippen LogP contribution in [-0.2, 0) is 0 Å². The van der Waals surface area contributed by atoms with E-state index in [4.69, 9.17) is 0 Å². The van der Waals surface area contributed by atoms with E-state index >= 15 is 0 Å². The molecule has 170 valence electrons. The van der Waals surface area contributed by atoms with E-state index in [0.717, 1.165) is 12.3 Å². The van der Waals surface area contributed by atoms with E-state index < -0.39 is 32.8 Å². The molecule has 0 atom stereocenters. The maximum absolute atomic E-state index is 13.1. The van der Waals surface area contributed by atoms with Crippen molar-refractivity contribution >= 4 is 41.1 Å².